The Bertz CT molecular complexity index is 2600. The quantitative estimate of drug-likeness (QED) is 0.00996. The second-order valence-corrected chi connectivity index (χ2v) is 20.9. The number of nitro benzene ring substituents is 1. The van der Waals surface area contributed by atoms with Crippen molar-refractivity contribution >= 4 is 76.8 Å². The van der Waals surface area contributed by atoms with Crippen LogP contribution in [0.1, 0.15) is 110 Å². The fourth-order valence-corrected chi connectivity index (χ4v) is 8.45. The van der Waals surface area contributed by atoms with Gasteiger partial charge in [-0.05, 0) is 88.2 Å². The monoisotopic (exact) mass is 1200 g/mol. The number of carbonyl (C=O) groups is 9. The maximum absolute atomic E-state index is 14.7. The summed E-state index contributed by atoms with van der Waals surface area (Å²) in [6, 6.07) is -5.96. The van der Waals surface area contributed by atoms with Crippen molar-refractivity contribution in [2.45, 2.75) is 160 Å². The minimum Gasteiger partial charge on any atom is -0.480 e. The van der Waals surface area contributed by atoms with Gasteiger partial charge in [0.1, 0.15) is 48.3 Å². The first kappa shape index (κ1) is 71.9. The topological polar surface area (TPSA) is 561 Å². The van der Waals surface area contributed by atoms with E-state index in [9.17, 15) is 58.4 Å². The maximum Gasteiger partial charge on any atom is 0.326 e. The van der Waals surface area contributed by atoms with Gasteiger partial charge in [-0.2, -0.15) is 0 Å². The maximum atomic E-state index is 14.7. The molecule has 472 valence electrons. The van der Waals surface area contributed by atoms with Crippen LogP contribution < -0.4 is 82.7 Å². The van der Waals surface area contributed by atoms with E-state index < -0.39 is 112 Å². The Morgan fingerprint density at radius 2 is 0.976 bits per heavy atom. The lowest BCUT2D eigenvalue weighted by Crippen LogP contribution is -2.61. The minimum absolute atomic E-state index is 0.0344. The zero-order chi connectivity index (χ0) is 63.8. The molecular weight excluding hydrogens is 1110 g/mol. The summed E-state index contributed by atoms with van der Waals surface area (Å²) in [6.45, 7) is 8.40. The highest BCUT2D eigenvalue weighted by Crippen LogP contribution is 2.16. The zero-order valence-corrected chi connectivity index (χ0v) is 48.8. The van der Waals surface area contributed by atoms with Crippen molar-refractivity contribution in [2.75, 3.05) is 26.2 Å². The number of amides is 8. The summed E-state index contributed by atoms with van der Waals surface area (Å²) in [5.41, 5.74) is 39.0. The number of H-pyrrole nitrogens is 1. The molecule has 85 heavy (non-hydrogen) atoms. The molecule has 0 radical (unpaired) electrons. The van der Waals surface area contributed by atoms with E-state index in [0.717, 1.165) is 0 Å². The lowest BCUT2D eigenvalue weighted by atomic mass is 9.98. The van der Waals surface area contributed by atoms with Crippen LogP contribution in [0.2, 0.25) is 0 Å². The molecule has 2 aromatic rings. The molecule has 1 heterocycles. The van der Waals surface area contributed by atoms with Crippen LogP contribution in [0.4, 0.5) is 5.69 Å². The number of nitrogens with two attached hydrogens (primary N) is 7. The van der Waals surface area contributed by atoms with Gasteiger partial charge in [-0.1, -0.05) is 39.8 Å². The predicted octanol–water partition coefficient (Wildman–Crippen LogP) is -3.92. The Labute approximate surface area is 492 Å². The molecule has 0 aliphatic heterocycles. The lowest BCUT2D eigenvalue weighted by Gasteiger charge is -2.29. The zero-order valence-electron chi connectivity index (χ0n) is 48.8. The number of non-ortho nitro benzene ring substituents is 1. The minimum atomic E-state index is -1.58. The molecule has 1 aromatic carbocycles. The van der Waals surface area contributed by atoms with Crippen LogP contribution in [-0.4, -0.2) is 166 Å². The average molecular weight is 1200 g/mol. The number of aromatic amines is 1. The van der Waals surface area contributed by atoms with E-state index in [1.54, 1.807) is 27.7 Å². The van der Waals surface area contributed by atoms with Crippen molar-refractivity contribution in [3.63, 3.8) is 0 Å². The first-order valence-electron chi connectivity index (χ1n) is 27.8. The number of benzene rings is 1. The Kier molecular flexibility index (Phi) is 32.0. The standard InChI is InChI=1S/C52H87N21O12/c1-28(2)23-38(45(78)68-37(49(82)83)14-10-22-63-52(58)59)71-48(81)41(29(3)4)72-47(80)39(24-31-15-17-33(18-16-31)73(84)85)69-43(76)36(13-9-21-62-51(56)57)67-46(79)40(25-32-26-60-27-64-32)70-44(77)35(12-8-20-61-50(54)55)66-42(75)34(65-30(5)74)11-6-7-19-53/h15-18,26-29,34-41H,6-14,19-25,53H2,1-5H3,(H,60,64)(H,65,74)(H,66,75)(H,67,79)(H,68,78)(H,69,76)(H,70,77)(H,71,81)(H,72,80)(H,82,83)(H4,54,55,61)(H4,56,57,62)(H4,58,59,63)/t34-,35-,36-,37-,38-,39?,40-,41-/m0/s1. The molecule has 0 aliphatic rings. The molecule has 0 bridgehead atoms. The number of rotatable bonds is 40. The first-order chi connectivity index (χ1) is 40.1. The summed E-state index contributed by atoms with van der Waals surface area (Å²) >= 11 is 0. The number of aliphatic carboxylic acids is 1. The van der Waals surface area contributed by atoms with E-state index in [-0.39, 0.29) is 113 Å². The van der Waals surface area contributed by atoms with Gasteiger partial charge in [-0.15, -0.1) is 0 Å². The molecule has 1 aromatic heterocycles. The molecule has 1 unspecified atom stereocenters. The number of carboxylic acid groups (broad SMARTS) is 1. The number of nitrogens with zero attached hydrogens (tertiary/aromatic N) is 5. The number of carboxylic acids is 1. The molecule has 0 saturated carbocycles. The molecule has 33 heteroatoms. The largest absolute Gasteiger partial charge is 0.480 e. The van der Waals surface area contributed by atoms with Crippen LogP contribution in [0.25, 0.3) is 0 Å². The summed E-state index contributed by atoms with van der Waals surface area (Å²) in [4.78, 5) is 154. The van der Waals surface area contributed by atoms with Crippen LogP contribution in [-0.2, 0) is 56.0 Å². The number of nitro groups is 1. The van der Waals surface area contributed by atoms with Gasteiger partial charge in [-0.3, -0.25) is 63.4 Å². The van der Waals surface area contributed by atoms with Crippen LogP contribution in [0.15, 0.2) is 51.8 Å². The highest BCUT2D eigenvalue weighted by molar-refractivity contribution is 5.98. The van der Waals surface area contributed by atoms with Crippen LogP contribution in [0, 0.1) is 22.0 Å². The number of aliphatic imine (C=N–C) groups is 3. The summed E-state index contributed by atoms with van der Waals surface area (Å²) in [5, 5.41) is 42.5. The fraction of sp³-hybridized carbons (Fsp3) is 0.596. The van der Waals surface area contributed by atoms with E-state index >= 15 is 0 Å². The highest BCUT2D eigenvalue weighted by atomic mass is 16.6. The van der Waals surface area contributed by atoms with Crippen LogP contribution >= 0.6 is 0 Å². The number of unbranched alkanes of at least 4 members (excludes halogenated alkanes) is 1. The third-order valence-corrected chi connectivity index (χ3v) is 12.8. The Balaban J connectivity index is 2.64. The summed E-state index contributed by atoms with van der Waals surface area (Å²) in [5.74, 6) is -9.47. The summed E-state index contributed by atoms with van der Waals surface area (Å²) < 4.78 is 0. The number of imidazole rings is 1. The van der Waals surface area contributed by atoms with Gasteiger partial charge in [0.15, 0.2) is 17.9 Å². The van der Waals surface area contributed by atoms with Crippen LogP contribution in [0.5, 0.6) is 0 Å². The summed E-state index contributed by atoms with van der Waals surface area (Å²) in [6.07, 6.45) is 3.51. The third kappa shape index (κ3) is 28.6. The van der Waals surface area contributed by atoms with Crippen molar-refractivity contribution in [2.24, 2.45) is 66.9 Å². The third-order valence-electron chi connectivity index (χ3n) is 12.8. The smallest absolute Gasteiger partial charge is 0.326 e. The molecule has 8 atom stereocenters. The van der Waals surface area contributed by atoms with Crippen molar-refractivity contribution in [1.82, 2.24) is 52.5 Å². The highest BCUT2D eigenvalue weighted by Gasteiger charge is 2.36. The van der Waals surface area contributed by atoms with E-state index in [2.05, 4.69) is 67.5 Å². The number of nitrogens with one attached hydrogen (secondary N) is 9. The number of hydrogen-bond acceptors (Lipinski definition) is 16. The second-order valence-electron chi connectivity index (χ2n) is 20.9. The van der Waals surface area contributed by atoms with Crippen molar-refractivity contribution in [1.29, 1.82) is 0 Å². The molecule has 2 rings (SSSR count). The van der Waals surface area contributed by atoms with Crippen LogP contribution in [0.3, 0.4) is 0 Å². The lowest BCUT2D eigenvalue weighted by molar-refractivity contribution is -0.384. The average Bonchev–Trinajstić information content (AvgIpc) is 3.96. The molecule has 8 amide bonds. The Morgan fingerprint density at radius 3 is 1.40 bits per heavy atom. The van der Waals surface area contributed by atoms with Crippen molar-refractivity contribution in [3.8, 4) is 0 Å². The van der Waals surface area contributed by atoms with E-state index in [0.29, 0.717) is 30.6 Å². The number of guanidine groups is 3. The normalized spacial score (nSPS) is 13.8. The predicted molar refractivity (Wildman–Crippen MR) is 315 cm³/mol. The van der Waals surface area contributed by atoms with E-state index in [1.165, 1.54) is 43.7 Å². The molecule has 24 N–H and O–H groups in total. The molecule has 0 saturated heterocycles. The number of hydrogen-bond donors (Lipinski definition) is 17. The molecule has 33 nitrogen and oxygen atoms in total. The van der Waals surface area contributed by atoms with Crippen molar-refractivity contribution < 1.29 is 53.2 Å². The number of carbonyl (C=O) groups excluding carboxylic acids is 8. The van der Waals surface area contributed by atoms with Gasteiger partial charge in [0.05, 0.1) is 11.3 Å². The van der Waals surface area contributed by atoms with Gasteiger partial charge in [0.25, 0.3) is 5.69 Å². The molecule has 0 aliphatic carbocycles. The SMILES string of the molecule is CC(=O)N[C@@H](CCCCN)C(=O)N[C@@H](CCCN=C(N)N)C(=O)N[C@@H](Cc1cnc[nH]1)C(=O)N[C@@H](CCCN=C(N)N)C(=O)NC(Cc1ccc([N+](=O)[O-])cc1)C(=O)N[C@H](C(=O)N[C@@H](CC(C)C)C(=O)N[C@@H](CCCN=C(N)N)C(=O)O)C(C)C. The number of aromatic nitrogens is 2. The van der Waals surface area contributed by atoms with Gasteiger partial charge < -0.3 is 92.8 Å². The van der Waals surface area contributed by atoms with Gasteiger partial charge in [0.2, 0.25) is 47.3 Å². The summed E-state index contributed by atoms with van der Waals surface area (Å²) in [7, 11) is 0. The fourth-order valence-electron chi connectivity index (χ4n) is 8.45. The van der Waals surface area contributed by atoms with E-state index in [4.69, 9.17) is 40.1 Å². The first-order valence-corrected chi connectivity index (χ1v) is 27.8. The van der Waals surface area contributed by atoms with Gasteiger partial charge in [0, 0.05) is 63.4 Å². The van der Waals surface area contributed by atoms with Gasteiger partial charge >= 0.3 is 5.97 Å². The Hall–Kier alpha value is -9.17. The Morgan fingerprint density at radius 1 is 0.565 bits per heavy atom. The van der Waals surface area contributed by atoms with Crippen molar-refractivity contribution in [3.05, 3.63) is 58.2 Å². The second kappa shape index (κ2) is 37.8. The molecular formula is C52H87N21O12. The van der Waals surface area contributed by atoms with Gasteiger partial charge in [-0.25, -0.2) is 9.78 Å². The molecule has 0 fully saturated rings. The van der Waals surface area contributed by atoms with E-state index in [1.807, 2.05) is 0 Å². The molecule has 0 spiro atoms.